The standard InChI is InChI=1S/C16H13F3N4S/c1-3-10-7-12(24-4-2)15(20-9-10)11-5-6-23-14(21-11)8-13(22-23)16(17,18)19/h3,5-9H,1,4H2,2H3. The number of thioether (sulfide) groups is 1. The van der Waals surface area contributed by atoms with Gasteiger partial charge in [-0.25, -0.2) is 9.50 Å². The molecule has 4 nitrogen and oxygen atoms in total. The first kappa shape index (κ1) is 16.5. The van der Waals surface area contributed by atoms with Crippen LogP contribution in [0.3, 0.4) is 0 Å². The van der Waals surface area contributed by atoms with Gasteiger partial charge in [0.05, 0.1) is 5.69 Å². The van der Waals surface area contributed by atoms with Gasteiger partial charge in [0.25, 0.3) is 0 Å². The van der Waals surface area contributed by atoms with E-state index in [9.17, 15) is 13.2 Å². The topological polar surface area (TPSA) is 43.1 Å². The molecule has 3 rings (SSSR count). The molecule has 0 aliphatic heterocycles. The van der Waals surface area contributed by atoms with Gasteiger partial charge in [0, 0.05) is 23.4 Å². The molecule has 0 aliphatic carbocycles. The summed E-state index contributed by atoms with van der Waals surface area (Å²) in [5, 5.41) is 3.50. The highest BCUT2D eigenvalue weighted by atomic mass is 32.2. The van der Waals surface area contributed by atoms with Gasteiger partial charge in [0.1, 0.15) is 5.69 Å². The zero-order chi connectivity index (χ0) is 17.3. The maximum atomic E-state index is 12.8. The Kier molecular flexibility index (Phi) is 4.31. The minimum atomic E-state index is -4.50. The van der Waals surface area contributed by atoms with Gasteiger partial charge >= 0.3 is 6.18 Å². The number of fused-ring (bicyclic) bond motifs is 1. The lowest BCUT2D eigenvalue weighted by atomic mass is 10.2. The van der Waals surface area contributed by atoms with E-state index in [1.54, 1.807) is 30.1 Å². The van der Waals surface area contributed by atoms with Gasteiger partial charge in [0.15, 0.2) is 11.3 Å². The highest BCUT2D eigenvalue weighted by molar-refractivity contribution is 7.99. The van der Waals surface area contributed by atoms with Crippen molar-refractivity contribution in [2.75, 3.05) is 5.75 Å². The Morgan fingerprint density at radius 2 is 2.12 bits per heavy atom. The SMILES string of the molecule is C=Cc1cnc(-c2ccn3nc(C(F)(F)F)cc3n2)c(SCC)c1. The van der Waals surface area contributed by atoms with Crippen molar-refractivity contribution in [1.82, 2.24) is 19.6 Å². The van der Waals surface area contributed by atoms with Crippen LogP contribution < -0.4 is 0 Å². The highest BCUT2D eigenvalue weighted by Gasteiger charge is 2.34. The number of nitrogens with zero attached hydrogens (tertiary/aromatic N) is 4. The number of alkyl halides is 3. The van der Waals surface area contributed by atoms with Crippen molar-refractivity contribution in [2.24, 2.45) is 0 Å². The number of rotatable bonds is 4. The first-order chi connectivity index (χ1) is 11.4. The fraction of sp³-hybridized carbons (Fsp3) is 0.188. The molecule has 0 saturated carbocycles. The van der Waals surface area contributed by atoms with E-state index < -0.39 is 11.9 Å². The second kappa shape index (κ2) is 6.27. The second-order valence-electron chi connectivity index (χ2n) is 4.90. The summed E-state index contributed by atoms with van der Waals surface area (Å²) in [6.45, 7) is 5.73. The molecule has 0 radical (unpaired) electrons. The molecule has 3 aromatic heterocycles. The van der Waals surface area contributed by atoms with Gasteiger partial charge in [-0.15, -0.1) is 11.8 Å². The fourth-order valence-electron chi connectivity index (χ4n) is 2.18. The summed E-state index contributed by atoms with van der Waals surface area (Å²) in [5.74, 6) is 0.836. The number of aromatic nitrogens is 4. The summed E-state index contributed by atoms with van der Waals surface area (Å²) in [7, 11) is 0. The summed E-state index contributed by atoms with van der Waals surface area (Å²) >= 11 is 1.59. The molecule has 0 atom stereocenters. The van der Waals surface area contributed by atoms with E-state index in [4.69, 9.17) is 0 Å². The monoisotopic (exact) mass is 350 g/mol. The first-order valence-electron chi connectivity index (χ1n) is 7.11. The molecule has 3 aromatic rings. The zero-order valence-electron chi connectivity index (χ0n) is 12.7. The van der Waals surface area contributed by atoms with Crippen LogP contribution in [0.1, 0.15) is 18.2 Å². The van der Waals surface area contributed by atoms with Crippen molar-refractivity contribution < 1.29 is 13.2 Å². The number of halogens is 3. The Labute approximate surface area is 140 Å². The third-order valence-electron chi connectivity index (χ3n) is 3.27. The molecule has 0 amide bonds. The van der Waals surface area contributed by atoms with Crippen molar-refractivity contribution in [3.8, 4) is 11.4 Å². The molecule has 8 heteroatoms. The van der Waals surface area contributed by atoms with E-state index in [0.717, 1.165) is 26.8 Å². The van der Waals surface area contributed by atoms with Crippen molar-refractivity contribution in [3.63, 3.8) is 0 Å². The Balaban J connectivity index is 2.10. The molecule has 0 saturated heterocycles. The molecule has 0 aliphatic rings. The molecule has 0 aromatic carbocycles. The van der Waals surface area contributed by atoms with Crippen molar-refractivity contribution in [2.45, 2.75) is 18.0 Å². The van der Waals surface area contributed by atoms with Crippen LogP contribution in [0.25, 0.3) is 23.1 Å². The van der Waals surface area contributed by atoms with E-state index in [1.807, 2.05) is 13.0 Å². The molecule has 0 bridgehead atoms. The molecular formula is C16H13F3N4S. The summed E-state index contributed by atoms with van der Waals surface area (Å²) in [6.07, 6.45) is 0.308. The van der Waals surface area contributed by atoms with E-state index in [2.05, 4.69) is 21.6 Å². The van der Waals surface area contributed by atoms with Crippen LogP contribution in [0.4, 0.5) is 13.2 Å². The predicted molar refractivity (Wildman–Crippen MR) is 87.7 cm³/mol. The van der Waals surface area contributed by atoms with Crippen LogP contribution in [0.2, 0.25) is 0 Å². The molecule has 0 fully saturated rings. The van der Waals surface area contributed by atoms with Gasteiger partial charge in [-0.2, -0.15) is 18.3 Å². The molecule has 0 unspecified atom stereocenters. The molecule has 124 valence electrons. The van der Waals surface area contributed by atoms with Crippen molar-refractivity contribution in [3.05, 3.63) is 48.4 Å². The quantitative estimate of drug-likeness (QED) is 0.647. The largest absolute Gasteiger partial charge is 0.435 e. The summed E-state index contributed by atoms with van der Waals surface area (Å²) in [4.78, 5) is 9.58. The smallest absolute Gasteiger partial charge is 0.253 e. The van der Waals surface area contributed by atoms with Gasteiger partial charge < -0.3 is 0 Å². The Hall–Kier alpha value is -2.35. The van der Waals surface area contributed by atoms with E-state index in [0.29, 0.717) is 11.4 Å². The van der Waals surface area contributed by atoms with Crippen LogP contribution in [0.5, 0.6) is 0 Å². The lowest BCUT2D eigenvalue weighted by Crippen LogP contribution is -2.05. The second-order valence-corrected chi connectivity index (χ2v) is 6.20. The first-order valence-corrected chi connectivity index (χ1v) is 8.10. The molecule has 24 heavy (non-hydrogen) atoms. The third kappa shape index (κ3) is 3.14. The van der Waals surface area contributed by atoms with Crippen LogP contribution in [0, 0.1) is 0 Å². The van der Waals surface area contributed by atoms with Gasteiger partial charge in [-0.05, 0) is 23.4 Å². The Bertz CT molecular complexity index is 902. The highest BCUT2D eigenvalue weighted by Crippen LogP contribution is 2.31. The molecule has 0 N–H and O–H groups in total. The van der Waals surface area contributed by atoms with E-state index in [-0.39, 0.29) is 5.65 Å². The van der Waals surface area contributed by atoms with Crippen LogP contribution >= 0.6 is 11.8 Å². The molecular weight excluding hydrogens is 337 g/mol. The maximum Gasteiger partial charge on any atom is 0.435 e. The van der Waals surface area contributed by atoms with E-state index >= 15 is 0 Å². The molecule has 3 heterocycles. The summed E-state index contributed by atoms with van der Waals surface area (Å²) in [6, 6.07) is 4.47. The number of pyridine rings is 1. The minimum Gasteiger partial charge on any atom is -0.253 e. The van der Waals surface area contributed by atoms with Crippen LogP contribution in [-0.2, 0) is 6.18 Å². The average molecular weight is 350 g/mol. The van der Waals surface area contributed by atoms with Gasteiger partial charge in [-0.1, -0.05) is 19.6 Å². The summed E-state index contributed by atoms with van der Waals surface area (Å²) in [5.41, 5.74) is 1.17. The van der Waals surface area contributed by atoms with E-state index in [1.165, 1.54) is 6.20 Å². The summed E-state index contributed by atoms with van der Waals surface area (Å²) < 4.78 is 39.4. The lowest BCUT2D eigenvalue weighted by molar-refractivity contribution is -0.141. The third-order valence-corrected chi connectivity index (χ3v) is 4.18. The lowest BCUT2D eigenvalue weighted by Gasteiger charge is -2.08. The number of hydrogen-bond donors (Lipinski definition) is 0. The van der Waals surface area contributed by atoms with Gasteiger partial charge in [-0.3, -0.25) is 4.98 Å². The van der Waals surface area contributed by atoms with Crippen molar-refractivity contribution in [1.29, 1.82) is 0 Å². The Morgan fingerprint density at radius 1 is 1.33 bits per heavy atom. The average Bonchev–Trinajstić information content (AvgIpc) is 2.98. The van der Waals surface area contributed by atoms with Gasteiger partial charge in [0.2, 0.25) is 0 Å². The van der Waals surface area contributed by atoms with Crippen LogP contribution in [-0.4, -0.2) is 25.3 Å². The fourth-order valence-corrected chi connectivity index (χ4v) is 3.00. The van der Waals surface area contributed by atoms with Crippen LogP contribution in [0.15, 0.2) is 42.1 Å². The Morgan fingerprint density at radius 3 is 2.79 bits per heavy atom. The minimum absolute atomic E-state index is 0.127. The van der Waals surface area contributed by atoms with Crippen molar-refractivity contribution >= 4 is 23.5 Å². The number of hydrogen-bond acceptors (Lipinski definition) is 4. The normalized spacial score (nSPS) is 11.8. The maximum absolute atomic E-state index is 12.8. The predicted octanol–water partition coefficient (Wildman–Crippen LogP) is 4.57. The zero-order valence-corrected chi connectivity index (χ0v) is 13.5. The molecule has 0 spiro atoms.